The van der Waals surface area contributed by atoms with E-state index in [4.69, 9.17) is 4.74 Å². The Balaban J connectivity index is 1.79. The van der Waals surface area contributed by atoms with E-state index < -0.39 is 6.10 Å². The van der Waals surface area contributed by atoms with Crippen LogP contribution in [0.3, 0.4) is 0 Å². The smallest absolute Gasteiger partial charge is 0.123 e. The maximum Gasteiger partial charge on any atom is 0.123 e. The van der Waals surface area contributed by atoms with Gasteiger partial charge in [-0.05, 0) is 35.7 Å². The summed E-state index contributed by atoms with van der Waals surface area (Å²) >= 11 is 0. The highest BCUT2D eigenvalue weighted by molar-refractivity contribution is 5.35. The Labute approximate surface area is 111 Å². The van der Waals surface area contributed by atoms with Crippen LogP contribution < -0.4 is 4.74 Å². The van der Waals surface area contributed by atoms with Crippen molar-refractivity contribution in [1.82, 2.24) is 0 Å². The molecule has 2 unspecified atom stereocenters. The van der Waals surface area contributed by atoms with Gasteiger partial charge in [0.2, 0.25) is 0 Å². The van der Waals surface area contributed by atoms with E-state index in [9.17, 15) is 9.50 Å². The molecule has 0 radical (unpaired) electrons. The van der Waals surface area contributed by atoms with E-state index in [0.717, 1.165) is 23.3 Å². The normalized spacial score (nSPS) is 19.4. The zero-order chi connectivity index (χ0) is 13.2. The van der Waals surface area contributed by atoms with Crippen LogP contribution in [-0.4, -0.2) is 11.7 Å². The third kappa shape index (κ3) is 2.47. The van der Waals surface area contributed by atoms with Gasteiger partial charge in [0, 0.05) is 5.92 Å². The monoisotopic (exact) mass is 258 g/mol. The molecule has 2 nitrogen and oxygen atoms in total. The van der Waals surface area contributed by atoms with Crippen molar-refractivity contribution in [1.29, 1.82) is 0 Å². The molecule has 0 fully saturated rings. The minimum Gasteiger partial charge on any atom is -0.493 e. The van der Waals surface area contributed by atoms with Crippen LogP contribution in [0.15, 0.2) is 48.5 Å². The first-order valence-corrected chi connectivity index (χ1v) is 6.38. The lowest BCUT2D eigenvalue weighted by Crippen LogP contribution is -2.26. The van der Waals surface area contributed by atoms with E-state index in [1.165, 1.54) is 12.1 Å². The molecule has 1 aliphatic rings. The minimum atomic E-state index is -0.631. The Hall–Kier alpha value is -1.87. The lowest BCUT2D eigenvalue weighted by atomic mass is 9.88. The average molecular weight is 258 g/mol. The third-order valence-electron chi connectivity index (χ3n) is 3.57. The molecule has 0 spiro atoms. The van der Waals surface area contributed by atoms with Crippen LogP contribution in [0.4, 0.5) is 4.39 Å². The molecule has 0 aromatic heterocycles. The summed E-state index contributed by atoms with van der Waals surface area (Å²) in [6.07, 6.45) is 0.142. The van der Waals surface area contributed by atoms with Crippen LogP contribution in [0.25, 0.3) is 0 Å². The Morgan fingerprint density at radius 3 is 2.63 bits per heavy atom. The van der Waals surface area contributed by atoms with E-state index >= 15 is 0 Å². The van der Waals surface area contributed by atoms with Crippen LogP contribution in [0.2, 0.25) is 0 Å². The fourth-order valence-electron chi connectivity index (χ4n) is 2.49. The predicted molar refractivity (Wildman–Crippen MR) is 70.5 cm³/mol. The molecule has 0 bridgehead atoms. The van der Waals surface area contributed by atoms with Crippen molar-refractivity contribution >= 4 is 0 Å². The zero-order valence-electron chi connectivity index (χ0n) is 10.4. The SMILES string of the molecule is OC(c1ccc(F)cc1)C1COc2ccccc2C1. The van der Waals surface area contributed by atoms with Crippen LogP contribution in [0, 0.1) is 11.7 Å². The maximum absolute atomic E-state index is 12.9. The van der Waals surface area contributed by atoms with E-state index in [2.05, 4.69) is 0 Å². The number of fused-ring (bicyclic) bond motifs is 1. The van der Waals surface area contributed by atoms with Crippen LogP contribution >= 0.6 is 0 Å². The van der Waals surface area contributed by atoms with Gasteiger partial charge in [0.1, 0.15) is 11.6 Å². The van der Waals surface area contributed by atoms with Crippen molar-refractivity contribution in [2.24, 2.45) is 5.92 Å². The average Bonchev–Trinajstić information content (AvgIpc) is 2.47. The number of aliphatic hydroxyl groups is 1. The second-order valence-corrected chi connectivity index (χ2v) is 4.88. The first kappa shape index (κ1) is 12.2. The van der Waals surface area contributed by atoms with Gasteiger partial charge in [0.25, 0.3) is 0 Å². The quantitative estimate of drug-likeness (QED) is 0.896. The summed E-state index contributed by atoms with van der Waals surface area (Å²) in [5, 5.41) is 10.4. The first-order chi connectivity index (χ1) is 9.24. The number of benzene rings is 2. The van der Waals surface area contributed by atoms with E-state index in [1.807, 2.05) is 24.3 Å². The van der Waals surface area contributed by atoms with Crippen molar-refractivity contribution in [2.45, 2.75) is 12.5 Å². The summed E-state index contributed by atoms with van der Waals surface area (Å²) in [7, 11) is 0. The van der Waals surface area contributed by atoms with Crippen molar-refractivity contribution in [3.05, 3.63) is 65.5 Å². The topological polar surface area (TPSA) is 29.5 Å². The third-order valence-corrected chi connectivity index (χ3v) is 3.57. The lowest BCUT2D eigenvalue weighted by Gasteiger charge is -2.29. The molecular formula is C16H15FO2. The number of aliphatic hydroxyl groups excluding tert-OH is 1. The van der Waals surface area contributed by atoms with Gasteiger partial charge in [0.15, 0.2) is 0 Å². The molecule has 2 atom stereocenters. The number of hydrogen-bond acceptors (Lipinski definition) is 2. The largest absolute Gasteiger partial charge is 0.493 e. The molecule has 1 N–H and O–H groups in total. The van der Waals surface area contributed by atoms with Crippen LogP contribution in [-0.2, 0) is 6.42 Å². The molecule has 1 aliphatic heterocycles. The molecule has 0 amide bonds. The molecule has 2 aromatic carbocycles. The summed E-state index contributed by atoms with van der Waals surface area (Å²) in [5.41, 5.74) is 1.84. The Bertz CT molecular complexity index is 565. The van der Waals surface area contributed by atoms with Gasteiger partial charge in [-0.25, -0.2) is 4.39 Å². The van der Waals surface area contributed by atoms with Gasteiger partial charge in [0.05, 0.1) is 12.7 Å². The van der Waals surface area contributed by atoms with E-state index in [1.54, 1.807) is 12.1 Å². The highest BCUT2D eigenvalue weighted by Gasteiger charge is 2.26. The van der Waals surface area contributed by atoms with E-state index in [-0.39, 0.29) is 11.7 Å². The number of para-hydroxylation sites is 1. The summed E-state index contributed by atoms with van der Waals surface area (Å²) < 4.78 is 18.6. The Morgan fingerprint density at radius 2 is 1.84 bits per heavy atom. The van der Waals surface area contributed by atoms with Gasteiger partial charge in [-0.3, -0.25) is 0 Å². The number of rotatable bonds is 2. The summed E-state index contributed by atoms with van der Waals surface area (Å²) in [6, 6.07) is 13.9. The zero-order valence-corrected chi connectivity index (χ0v) is 10.4. The number of hydrogen-bond donors (Lipinski definition) is 1. The Kier molecular flexibility index (Phi) is 3.22. The fraction of sp³-hybridized carbons (Fsp3) is 0.250. The minimum absolute atomic E-state index is 0.000334. The molecule has 3 heteroatoms. The maximum atomic E-state index is 12.9. The van der Waals surface area contributed by atoms with Gasteiger partial charge in [-0.1, -0.05) is 30.3 Å². The van der Waals surface area contributed by atoms with Crippen molar-refractivity contribution in [3.63, 3.8) is 0 Å². The van der Waals surface area contributed by atoms with Gasteiger partial charge < -0.3 is 9.84 Å². The first-order valence-electron chi connectivity index (χ1n) is 6.38. The van der Waals surface area contributed by atoms with Crippen molar-refractivity contribution in [2.75, 3.05) is 6.61 Å². The van der Waals surface area contributed by atoms with Gasteiger partial charge in [-0.2, -0.15) is 0 Å². The second kappa shape index (κ2) is 5.02. The Morgan fingerprint density at radius 1 is 1.11 bits per heavy atom. The van der Waals surface area contributed by atoms with Gasteiger partial charge >= 0.3 is 0 Å². The van der Waals surface area contributed by atoms with Crippen molar-refractivity contribution < 1.29 is 14.2 Å². The molecule has 98 valence electrons. The number of halogens is 1. The van der Waals surface area contributed by atoms with Gasteiger partial charge in [-0.15, -0.1) is 0 Å². The van der Waals surface area contributed by atoms with Crippen LogP contribution in [0.1, 0.15) is 17.2 Å². The highest BCUT2D eigenvalue weighted by Crippen LogP contribution is 2.33. The highest BCUT2D eigenvalue weighted by atomic mass is 19.1. The molecule has 0 saturated heterocycles. The lowest BCUT2D eigenvalue weighted by molar-refractivity contribution is 0.0644. The number of ether oxygens (including phenoxy) is 1. The predicted octanol–water partition coefficient (Wildman–Crippen LogP) is 3.11. The summed E-state index contributed by atoms with van der Waals surface area (Å²) in [6.45, 7) is 0.482. The summed E-state index contributed by atoms with van der Waals surface area (Å²) in [5.74, 6) is 0.603. The van der Waals surface area contributed by atoms with E-state index in [0.29, 0.717) is 6.61 Å². The second-order valence-electron chi connectivity index (χ2n) is 4.88. The standard InChI is InChI=1S/C16H15FO2/c17-14-7-5-11(6-8-14)16(18)13-9-12-3-1-2-4-15(12)19-10-13/h1-8,13,16,18H,9-10H2. The van der Waals surface area contributed by atoms with Crippen LogP contribution in [0.5, 0.6) is 5.75 Å². The molecule has 0 aliphatic carbocycles. The molecule has 1 heterocycles. The molecule has 3 rings (SSSR count). The van der Waals surface area contributed by atoms with Crippen molar-refractivity contribution in [3.8, 4) is 5.75 Å². The fourth-order valence-corrected chi connectivity index (χ4v) is 2.49. The molecule has 0 saturated carbocycles. The molecule has 19 heavy (non-hydrogen) atoms. The summed E-state index contributed by atoms with van der Waals surface area (Å²) in [4.78, 5) is 0. The molecular weight excluding hydrogens is 243 g/mol. The molecule has 2 aromatic rings.